The maximum absolute atomic E-state index is 13.7. The molecule has 0 aliphatic heterocycles. The Morgan fingerprint density at radius 2 is 1.70 bits per heavy atom. The number of halogens is 4. The monoisotopic (exact) mass is 653 g/mol. The highest BCUT2D eigenvalue weighted by molar-refractivity contribution is 7.92. The van der Waals surface area contributed by atoms with Crippen LogP contribution in [0, 0.1) is 5.82 Å². The molecule has 3 heterocycles. The summed E-state index contributed by atoms with van der Waals surface area (Å²) in [5, 5.41) is 2.81. The predicted octanol–water partition coefficient (Wildman–Crippen LogP) is 6.61. The van der Waals surface area contributed by atoms with E-state index in [4.69, 9.17) is 8.83 Å². The fourth-order valence-corrected chi connectivity index (χ4v) is 6.10. The standard InChI is InChI=1S/C32H24F4N4O5S/c1-37-30(41)27-23-16-22(19-5-3-6-20(15-19)31-39-29-25(45-31)7-4-13-38-29)24(40(46(2,42)43)14-12-32(34,35)36)17-26(23)44-28(27)18-8-10-21(33)11-9-18/h3-11,13,15-17H,12,14H2,1-2H3,(H,37,41)/p+1. The van der Waals surface area contributed by atoms with Crippen molar-refractivity contribution in [2.24, 2.45) is 0 Å². The number of hydrogen-bond acceptors (Lipinski definition) is 6. The van der Waals surface area contributed by atoms with E-state index >= 15 is 0 Å². The Hall–Kier alpha value is -5.24. The van der Waals surface area contributed by atoms with E-state index in [0.29, 0.717) is 32.2 Å². The number of hydrogen-bond donors (Lipinski definition) is 1. The van der Waals surface area contributed by atoms with E-state index < -0.39 is 40.9 Å². The molecule has 0 saturated heterocycles. The van der Waals surface area contributed by atoms with Crippen molar-refractivity contribution >= 4 is 43.8 Å². The number of fused-ring (bicyclic) bond motifs is 2. The van der Waals surface area contributed by atoms with Gasteiger partial charge in [0.2, 0.25) is 15.6 Å². The molecule has 0 aliphatic carbocycles. The number of nitrogens with one attached hydrogen (secondary N) is 2. The minimum Gasteiger partial charge on any atom is -0.455 e. The van der Waals surface area contributed by atoms with Crippen LogP contribution in [0.5, 0.6) is 0 Å². The molecule has 0 spiro atoms. The van der Waals surface area contributed by atoms with Crippen LogP contribution >= 0.6 is 0 Å². The van der Waals surface area contributed by atoms with Crippen LogP contribution in [0.2, 0.25) is 0 Å². The summed E-state index contributed by atoms with van der Waals surface area (Å²) in [6, 6.07) is 18.1. The molecule has 46 heavy (non-hydrogen) atoms. The lowest BCUT2D eigenvalue weighted by atomic mass is 9.97. The number of rotatable bonds is 8. The first-order chi connectivity index (χ1) is 21.8. The lowest BCUT2D eigenvalue weighted by molar-refractivity contribution is -0.347. The predicted molar refractivity (Wildman–Crippen MR) is 163 cm³/mol. The molecule has 2 N–H and O–H groups in total. The molecular formula is C32H25F4N4O5S+. The fraction of sp³-hybridized carbons (Fsp3) is 0.156. The molecule has 0 aliphatic rings. The normalized spacial score (nSPS) is 12.1. The molecule has 0 saturated carbocycles. The number of nitrogens with zero attached hydrogens (tertiary/aromatic N) is 2. The molecule has 0 fully saturated rings. The first-order valence-corrected chi connectivity index (χ1v) is 15.7. The molecule has 0 bridgehead atoms. The summed E-state index contributed by atoms with van der Waals surface area (Å²) in [4.78, 5) is 20.7. The van der Waals surface area contributed by atoms with Gasteiger partial charge in [-0.2, -0.15) is 13.2 Å². The van der Waals surface area contributed by atoms with Crippen molar-refractivity contribution in [1.82, 2.24) is 10.3 Å². The van der Waals surface area contributed by atoms with Gasteiger partial charge in [0, 0.05) is 41.2 Å². The van der Waals surface area contributed by atoms with Gasteiger partial charge < -0.3 is 14.2 Å². The summed E-state index contributed by atoms with van der Waals surface area (Å²) in [5.41, 5.74) is 2.42. The van der Waals surface area contributed by atoms with Gasteiger partial charge in [0.15, 0.2) is 0 Å². The third kappa shape index (κ3) is 6.03. The smallest absolute Gasteiger partial charge is 0.390 e. The number of carbonyl (C=O) groups excluding carboxylic acids is 1. The molecule has 14 heteroatoms. The van der Waals surface area contributed by atoms with Gasteiger partial charge in [-0.1, -0.05) is 12.1 Å². The lowest BCUT2D eigenvalue weighted by Gasteiger charge is -2.26. The molecule has 0 atom stereocenters. The minimum atomic E-state index is -4.65. The zero-order chi connectivity index (χ0) is 32.8. The highest BCUT2D eigenvalue weighted by atomic mass is 32.2. The molecule has 1 amide bonds. The number of anilines is 1. The molecule has 3 aromatic heterocycles. The first-order valence-electron chi connectivity index (χ1n) is 13.8. The largest absolute Gasteiger partial charge is 0.455 e. The van der Waals surface area contributed by atoms with E-state index in [1.54, 1.807) is 42.6 Å². The van der Waals surface area contributed by atoms with Crippen molar-refractivity contribution in [3.05, 3.63) is 90.4 Å². The Morgan fingerprint density at radius 3 is 2.37 bits per heavy atom. The van der Waals surface area contributed by atoms with Crippen LogP contribution in [0.3, 0.4) is 0 Å². The van der Waals surface area contributed by atoms with E-state index in [2.05, 4.69) is 15.3 Å². The summed E-state index contributed by atoms with van der Waals surface area (Å²) in [7, 11) is -2.85. The molecule has 0 radical (unpaired) electrons. The SMILES string of the molecule is CNC(=O)c1c(-c2ccc(F)cc2)oc2cc(N(CCC(F)(F)F)S(C)(=O)=O)c(-c3cccc(-c4nc5[nH+]cccc5o4)c3)cc12. The molecule has 236 valence electrons. The van der Waals surface area contributed by atoms with E-state index in [1.807, 2.05) is 0 Å². The number of alkyl halides is 3. The average molecular weight is 654 g/mol. The number of aromatic amines is 1. The Kier molecular flexibility index (Phi) is 7.76. The second-order valence-corrected chi connectivity index (χ2v) is 12.3. The van der Waals surface area contributed by atoms with Gasteiger partial charge in [0.25, 0.3) is 5.91 Å². The molecule has 6 aromatic rings. The van der Waals surface area contributed by atoms with Gasteiger partial charge in [-0.05, 0) is 60.2 Å². The molecule has 3 aromatic carbocycles. The van der Waals surface area contributed by atoms with Crippen LogP contribution in [0.25, 0.3) is 56.1 Å². The summed E-state index contributed by atoms with van der Waals surface area (Å²) in [5.74, 6) is -0.761. The fourth-order valence-electron chi connectivity index (χ4n) is 5.17. The van der Waals surface area contributed by atoms with Crippen LogP contribution in [0.4, 0.5) is 23.2 Å². The second-order valence-electron chi connectivity index (χ2n) is 10.4. The van der Waals surface area contributed by atoms with Crippen LogP contribution in [0.15, 0.2) is 87.8 Å². The summed E-state index contributed by atoms with van der Waals surface area (Å²) < 4.78 is 92.6. The van der Waals surface area contributed by atoms with Crippen LogP contribution in [-0.2, 0) is 10.0 Å². The van der Waals surface area contributed by atoms with Crippen molar-refractivity contribution in [3.63, 3.8) is 0 Å². The highest BCUT2D eigenvalue weighted by Crippen LogP contribution is 2.42. The van der Waals surface area contributed by atoms with Crippen molar-refractivity contribution in [2.75, 3.05) is 24.2 Å². The third-order valence-electron chi connectivity index (χ3n) is 7.27. The summed E-state index contributed by atoms with van der Waals surface area (Å²) in [6.07, 6.45) is -3.57. The summed E-state index contributed by atoms with van der Waals surface area (Å²) in [6.45, 7) is -0.907. The van der Waals surface area contributed by atoms with Gasteiger partial charge in [0.05, 0.1) is 35.7 Å². The van der Waals surface area contributed by atoms with E-state index in [-0.39, 0.29) is 39.4 Å². The average Bonchev–Trinajstić information content (AvgIpc) is 3.61. The Labute approximate surface area is 259 Å². The number of pyridine rings is 1. The van der Waals surface area contributed by atoms with Crippen LogP contribution in [0.1, 0.15) is 16.8 Å². The number of furan rings is 1. The topological polar surface area (TPSA) is 120 Å². The number of sulfonamides is 1. The third-order valence-corrected chi connectivity index (χ3v) is 8.45. The van der Waals surface area contributed by atoms with Crippen LogP contribution in [-0.4, -0.2) is 45.3 Å². The Bertz CT molecular complexity index is 2180. The molecular weight excluding hydrogens is 628 g/mol. The molecule has 0 unspecified atom stereocenters. The van der Waals surface area contributed by atoms with Gasteiger partial charge >= 0.3 is 17.7 Å². The summed E-state index contributed by atoms with van der Waals surface area (Å²) >= 11 is 0. The first kappa shape index (κ1) is 30.8. The molecule has 9 nitrogen and oxygen atoms in total. The van der Waals surface area contributed by atoms with Crippen molar-refractivity contribution < 1.29 is 44.6 Å². The highest BCUT2D eigenvalue weighted by Gasteiger charge is 2.33. The van der Waals surface area contributed by atoms with E-state index in [1.165, 1.54) is 43.4 Å². The van der Waals surface area contributed by atoms with Gasteiger partial charge in [-0.15, -0.1) is 0 Å². The van der Waals surface area contributed by atoms with Crippen molar-refractivity contribution in [2.45, 2.75) is 12.6 Å². The van der Waals surface area contributed by atoms with Crippen molar-refractivity contribution in [3.8, 4) is 33.9 Å². The number of amides is 1. The molecule has 6 rings (SSSR count). The zero-order valence-electron chi connectivity index (χ0n) is 24.3. The van der Waals surface area contributed by atoms with Gasteiger partial charge in [-0.3, -0.25) is 9.10 Å². The zero-order valence-corrected chi connectivity index (χ0v) is 25.1. The van der Waals surface area contributed by atoms with Crippen LogP contribution < -0.4 is 14.6 Å². The van der Waals surface area contributed by atoms with E-state index in [0.717, 1.165) is 6.26 Å². The van der Waals surface area contributed by atoms with Gasteiger partial charge in [-0.25, -0.2) is 17.8 Å². The maximum Gasteiger partial charge on any atom is 0.390 e. The second kappa shape index (κ2) is 11.6. The number of H-pyrrole nitrogens is 1. The quantitative estimate of drug-likeness (QED) is 0.185. The number of aromatic nitrogens is 2. The number of carbonyl (C=O) groups is 1. The lowest BCUT2D eigenvalue weighted by Crippen LogP contribution is -2.33. The Balaban J connectivity index is 1.62. The minimum absolute atomic E-state index is 0.0305. The van der Waals surface area contributed by atoms with E-state index in [9.17, 15) is 30.8 Å². The van der Waals surface area contributed by atoms with Gasteiger partial charge in [0.1, 0.15) is 17.2 Å². The number of oxazole rings is 1. The Morgan fingerprint density at radius 1 is 0.957 bits per heavy atom. The number of benzene rings is 3. The maximum atomic E-state index is 13.7. The van der Waals surface area contributed by atoms with Crippen molar-refractivity contribution in [1.29, 1.82) is 0 Å².